The maximum atomic E-state index is 9.74. The summed E-state index contributed by atoms with van der Waals surface area (Å²) < 4.78 is 0. The predicted octanol–water partition coefficient (Wildman–Crippen LogP) is 2.95. The number of benzene rings is 1. The van der Waals surface area contributed by atoms with Crippen LogP contribution < -0.4 is 0 Å². The number of phenolic OH excluding ortho intramolecular Hbond substituents is 1. The fraction of sp³-hybridized carbons (Fsp3) is 0.357. The number of aromatic hydroxyl groups is 1. The van der Waals surface area contributed by atoms with Crippen molar-refractivity contribution in [1.82, 2.24) is 0 Å². The lowest BCUT2D eigenvalue weighted by Gasteiger charge is -2.20. The normalized spacial score (nSPS) is 10.1. The quantitative estimate of drug-likeness (QED) is 0.673. The van der Waals surface area contributed by atoms with Crippen molar-refractivity contribution < 1.29 is 5.11 Å². The van der Waals surface area contributed by atoms with Crippen LogP contribution in [0.15, 0.2) is 18.2 Å². The van der Waals surface area contributed by atoms with Crippen molar-refractivity contribution in [2.24, 2.45) is 0 Å². The second-order valence-electron chi connectivity index (χ2n) is 4.62. The van der Waals surface area contributed by atoms with Gasteiger partial charge in [-0.15, -0.1) is 0 Å². The maximum absolute atomic E-state index is 9.74. The van der Waals surface area contributed by atoms with Crippen molar-refractivity contribution in [2.75, 3.05) is 0 Å². The van der Waals surface area contributed by atoms with Gasteiger partial charge in [0.15, 0.2) is 0 Å². The molecule has 0 radical (unpaired) electrons. The fourth-order valence-corrected chi connectivity index (χ4v) is 1.40. The van der Waals surface area contributed by atoms with Crippen molar-refractivity contribution in [2.45, 2.75) is 32.6 Å². The van der Waals surface area contributed by atoms with E-state index in [1.165, 1.54) is 0 Å². The van der Waals surface area contributed by atoms with Crippen molar-refractivity contribution in [3.05, 3.63) is 29.3 Å². The summed E-state index contributed by atoms with van der Waals surface area (Å²) in [7, 11) is 0. The first-order valence-electron chi connectivity index (χ1n) is 5.14. The summed E-state index contributed by atoms with van der Waals surface area (Å²) in [5.74, 6) is 5.95. The molecule has 0 aliphatic carbocycles. The molecule has 0 saturated carbocycles. The van der Waals surface area contributed by atoms with Gasteiger partial charge in [0.05, 0.1) is 12.5 Å². The zero-order chi connectivity index (χ0) is 12.2. The molecule has 1 rings (SSSR count). The van der Waals surface area contributed by atoms with E-state index in [0.717, 1.165) is 11.1 Å². The van der Waals surface area contributed by atoms with E-state index >= 15 is 0 Å². The van der Waals surface area contributed by atoms with Crippen LogP contribution in [0.5, 0.6) is 5.75 Å². The first kappa shape index (κ1) is 12.1. The SMILES string of the molecule is CC(C)(C)c1cc(C#CCC#N)ccc1O. The van der Waals surface area contributed by atoms with Crippen LogP contribution in [-0.2, 0) is 5.41 Å². The van der Waals surface area contributed by atoms with Gasteiger partial charge < -0.3 is 5.11 Å². The molecule has 1 aromatic rings. The maximum Gasteiger partial charge on any atom is 0.119 e. The molecule has 0 heterocycles. The van der Waals surface area contributed by atoms with Crippen LogP contribution in [-0.4, -0.2) is 5.11 Å². The first-order chi connectivity index (χ1) is 7.45. The number of hydrogen-bond acceptors (Lipinski definition) is 2. The number of nitrogens with zero attached hydrogens (tertiary/aromatic N) is 1. The highest BCUT2D eigenvalue weighted by atomic mass is 16.3. The molecule has 0 fully saturated rings. The molecule has 0 bridgehead atoms. The summed E-state index contributed by atoms with van der Waals surface area (Å²) >= 11 is 0. The van der Waals surface area contributed by atoms with E-state index in [2.05, 4.69) is 11.8 Å². The predicted molar refractivity (Wildman–Crippen MR) is 63.9 cm³/mol. The van der Waals surface area contributed by atoms with Crippen LogP contribution >= 0.6 is 0 Å². The molecule has 1 aromatic carbocycles. The number of nitriles is 1. The number of rotatable bonds is 0. The number of phenols is 1. The Labute approximate surface area is 96.5 Å². The lowest BCUT2D eigenvalue weighted by molar-refractivity contribution is 0.446. The molecule has 0 aliphatic rings. The van der Waals surface area contributed by atoms with E-state index in [-0.39, 0.29) is 11.8 Å². The van der Waals surface area contributed by atoms with E-state index in [9.17, 15) is 5.11 Å². The van der Waals surface area contributed by atoms with Crippen molar-refractivity contribution in [3.8, 4) is 23.7 Å². The molecule has 82 valence electrons. The average molecular weight is 213 g/mol. The summed E-state index contributed by atoms with van der Waals surface area (Å²) in [5.41, 5.74) is 1.59. The smallest absolute Gasteiger partial charge is 0.119 e. The van der Waals surface area contributed by atoms with Gasteiger partial charge in [0.2, 0.25) is 0 Å². The van der Waals surface area contributed by atoms with E-state index in [4.69, 9.17) is 5.26 Å². The highest BCUT2D eigenvalue weighted by Gasteiger charge is 2.17. The van der Waals surface area contributed by atoms with E-state index in [1.807, 2.05) is 32.9 Å². The molecule has 2 nitrogen and oxygen atoms in total. The topological polar surface area (TPSA) is 44.0 Å². The van der Waals surface area contributed by atoms with Crippen molar-refractivity contribution >= 4 is 0 Å². The second kappa shape index (κ2) is 4.73. The Morgan fingerprint density at radius 1 is 1.31 bits per heavy atom. The molecule has 0 amide bonds. The molecular formula is C14H15NO. The molecule has 0 unspecified atom stereocenters. The summed E-state index contributed by atoms with van der Waals surface area (Å²) in [6, 6.07) is 7.25. The van der Waals surface area contributed by atoms with Crippen LogP contribution in [0, 0.1) is 23.2 Å². The molecule has 0 aromatic heterocycles. The molecular weight excluding hydrogens is 198 g/mol. The minimum Gasteiger partial charge on any atom is -0.508 e. The summed E-state index contributed by atoms with van der Waals surface area (Å²) in [4.78, 5) is 0. The van der Waals surface area contributed by atoms with Gasteiger partial charge in [0, 0.05) is 11.1 Å². The Morgan fingerprint density at radius 2 is 2.00 bits per heavy atom. The van der Waals surface area contributed by atoms with Crippen molar-refractivity contribution in [3.63, 3.8) is 0 Å². The average Bonchev–Trinajstić information content (AvgIpc) is 2.19. The molecule has 16 heavy (non-hydrogen) atoms. The molecule has 0 spiro atoms. The van der Waals surface area contributed by atoms with Crippen LogP contribution in [0.4, 0.5) is 0 Å². The Kier molecular flexibility index (Phi) is 3.59. The monoisotopic (exact) mass is 213 g/mol. The van der Waals surface area contributed by atoms with Gasteiger partial charge in [0.25, 0.3) is 0 Å². The molecule has 2 heteroatoms. The first-order valence-corrected chi connectivity index (χ1v) is 5.14. The lowest BCUT2D eigenvalue weighted by Crippen LogP contribution is -2.11. The van der Waals surface area contributed by atoms with Gasteiger partial charge in [-0.3, -0.25) is 0 Å². The van der Waals surface area contributed by atoms with Crippen LogP contribution in [0.25, 0.3) is 0 Å². The van der Waals surface area contributed by atoms with Gasteiger partial charge in [-0.25, -0.2) is 0 Å². The Bertz CT molecular complexity index is 478. The zero-order valence-electron chi connectivity index (χ0n) is 9.83. The molecule has 0 aliphatic heterocycles. The minimum absolute atomic E-state index is 0.114. The van der Waals surface area contributed by atoms with E-state index < -0.39 is 0 Å². The molecule has 0 atom stereocenters. The molecule has 1 N–H and O–H groups in total. The van der Waals surface area contributed by atoms with Crippen LogP contribution in [0.1, 0.15) is 38.3 Å². The number of hydrogen-bond donors (Lipinski definition) is 1. The van der Waals surface area contributed by atoms with Gasteiger partial charge >= 0.3 is 0 Å². The standard InChI is InChI=1S/C14H15NO/c1-14(2,3)12-10-11(6-4-5-9-15)7-8-13(12)16/h7-8,10,16H,5H2,1-3H3. The minimum atomic E-state index is -0.114. The van der Waals surface area contributed by atoms with E-state index in [0.29, 0.717) is 5.75 Å². The van der Waals surface area contributed by atoms with Gasteiger partial charge in [-0.05, 0) is 23.6 Å². The van der Waals surface area contributed by atoms with Gasteiger partial charge in [-0.1, -0.05) is 32.6 Å². The van der Waals surface area contributed by atoms with E-state index in [1.54, 1.807) is 12.1 Å². The highest BCUT2D eigenvalue weighted by molar-refractivity contribution is 5.46. The summed E-state index contributed by atoms with van der Waals surface area (Å²) in [6.45, 7) is 6.11. The Hall–Kier alpha value is -1.93. The van der Waals surface area contributed by atoms with Gasteiger partial charge in [-0.2, -0.15) is 5.26 Å². The van der Waals surface area contributed by atoms with Crippen LogP contribution in [0.3, 0.4) is 0 Å². The Morgan fingerprint density at radius 3 is 2.56 bits per heavy atom. The van der Waals surface area contributed by atoms with Crippen LogP contribution in [0.2, 0.25) is 0 Å². The third-order valence-corrected chi connectivity index (χ3v) is 2.20. The third-order valence-electron chi connectivity index (χ3n) is 2.20. The summed E-state index contributed by atoms with van der Waals surface area (Å²) in [5, 5.41) is 18.1. The molecule has 0 saturated heterocycles. The summed E-state index contributed by atoms with van der Waals surface area (Å²) in [6.07, 6.45) is 0.228. The highest BCUT2D eigenvalue weighted by Crippen LogP contribution is 2.30. The van der Waals surface area contributed by atoms with Crippen molar-refractivity contribution in [1.29, 1.82) is 5.26 Å². The lowest BCUT2D eigenvalue weighted by atomic mass is 9.85. The fourth-order valence-electron chi connectivity index (χ4n) is 1.40. The largest absolute Gasteiger partial charge is 0.508 e. The third kappa shape index (κ3) is 3.04. The van der Waals surface area contributed by atoms with Gasteiger partial charge in [0.1, 0.15) is 5.75 Å². The second-order valence-corrected chi connectivity index (χ2v) is 4.62. The Balaban J connectivity index is 3.11. The zero-order valence-corrected chi connectivity index (χ0v) is 9.83.